The smallest absolute Gasteiger partial charge is 0.303 e. The summed E-state index contributed by atoms with van der Waals surface area (Å²) in [5.74, 6) is -1.26. The van der Waals surface area contributed by atoms with Crippen molar-refractivity contribution in [3.05, 3.63) is 0 Å². The van der Waals surface area contributed by atoms with E-state index in [0.717, 1.165) is 38.5 Å². The molecule has 0 amide bonds. The van der Waals surface area contributed by atoms with Gasteiger partial charge in [-0.2, -0.15) is 0 Å². The van der Waals surface area contributed by atoms with E-state index in [2.05, 4.69) is 0 Å². The predicted molar refractivity (Wildman–Crippen MR) is 75.7 cm³/mol. The molecular formula is C15H26O5. The lowest BCUT2D eigenvalue weighted by molar-refractivity contribution is -0.138. The van der Waals surface area contributed by atoms with E-state index in [0.29, 0.717) is 25.7 Å². The summed E-state index contributed by atoms with van der Waals surface area (Å²) >= 11 is 0. The second-order valence-corrected chi connectivity index (χ2v) is 5.15. The molecule has 0 aliphatic rings. The van der Waals surface area contributed by atoms with Crippen LogP contribution >= 0.6 is 0 Å². The number of Topliss-reactive ketones (excluding diaryl/α,β-unsaturated/α-hetero) is 1. The second kappa shape index (κ2) is 12.6. The highest BCUT2D eigenvalue weighted by molar-refractivity contribution is 5.78. The Morgan fingerprint density at radius 1 is 0.500 bits per heavy atom. The van der Waals surface area contributed by atoms with Gasteiger partial charge in [0.25, 0.3) is 0 Å². The molecule has 0 aromatic carbocycles. The van der Waals surface area contributed by atoms with E-state index in [9.17, 15) is 14.4 Å². The standard InChI is InChI=1S/C15H26O5/c16-13(9-5-1-3-7-11-14(17)18)10-6-2-4-8-12-15(19)20/h1-12H2,(H,17,18)(H,19,20). The van der Waals surface area contributed by atoms with Gasteiger partial charge in [-0.3, -0.25) is 14.4 Å². The first-order valence-electron chi connectivity index (χ1n) is 7.47. The molecule has 0 aromatic heterocycles. The first kappa shape index (κ1) is 18.6. The molecule has 5 nitrogen and oxygen atoms in total. The molecule has 0 unspecified atom stereocenters. The molecule has 0 aliphatic heterocycles. The van der Waals surface area contributed by atoms with Crippen LogP contribution in [0.5, 0.6) is 0 Å². The summed E-state index contributed by atoms with van der Waals surface area (Å²) in [5, 5.41) is 16.9. The van der Waals surface area contributed by atoms with Crippen LogP contribution in [0, 0.1) is 0 Å². The molecule has 116 valence electrons. The Morgan fingerprint density at radius 3 is 1.10 bits per heavy atom. The van der Waals surface area contributed by atoms with Gasteiger partial charge < -0.3 is 10.2 Å². The third-order valence-corrected chi connectivity index (χ3v) is 3.19. The molecule has 0 aliphatic carbocycles. The minimum atomic E-state index is -0.760. The zero-order valence-electron chi connectivity index (χ0n) is 12.1. The van der Waals surface area contributed by atoms with Crippen LogP contribution in [0.3, 0.4) is 0 Å². The van der Waals surface area contributed by atoms with Crippen molar-refractivity contribution >= 4 is 17.7 Å². The van der Waals surface area contributed by atoms with Gasteiger partial charge in [0.1, 0.15) is 5.78 Å². The van der Waals surface area contributed by atoms with E-state index in [-0.39, 0.29) is 18.6 Å². The van der Waals surface area contributed by atoms with Gasteiger partial charge in [-0.15, -0.1) is 0 Å². The van der Waals surface area contributed by atoms with Crippen molar-refractivity contribution in [2.24, 2.45) is 0 Å². The van der Waals surface area contributed by atoms with Crippen LogP contribution in [0.2, 0.25) is 0 Å². The number of unbranched alkanes of at least 4 members (excludes halogenated alkanes) is 6. The number of aliphatic carboxylic acids is 2. The molecule has 20 heavy (non-hydrogen) atoms. The molecular weight excluding hydrogens is 260 g/mol. The van der Waals surface area contributed by atoms with E-state index in [1.54, 1.807) is 0 Å². The van der Waals surface area contributed by atoms with Crippen molar-refractivity contribution in [1.29, 1.82) is 0 Å². The number of rotatable bonds is 14. The molecule has 0 heterocycles. The number of hydrogen-bond acceptors (Lipinski definition) is 3. The van der Waals surface area contributed by atoms with Crippen molar-refractivity contribution in [2.75, 3.05) is 0 Å². The van der Waals surface area contributed by atoms with Gasteiger partial charge in [0.05, 0.1) is 0 Å². The van der Waals surface area contributed by atoms with Crippen LogP contribution in [0.15, 0.2) is 0 Å². The molecule has 0 radical (unpaired) electrons. The minimum Gasteiger partial charge on any atom is -0.481 e. The Balaban J connectivity index is 3.24. The van der Waals surface area contributed by atoms with Gasteiger partial charge in [-0.05, 0) is 25.7 Å². The molecule has 0 fully saturated rings. The summed E-state index contributed by atoms with van der Waals surface area (Å²) in [7, 11) is 0. The fourth-order valence-corrected chi connectivity index (χ4v) is 2.03. The zero-order valence-corrected chi connectivity index (χ0v) is 12.1. The van der Waals surface area contributed by atoms with Crippen LogP contribution < -0.4 is 0 Å². The van der Waals surface area contributed by atoms with Gasteiger partial charge in [0.15, 0.2) is 0 Å². The molecule has 0 atom stereocenters. The highest BCUT2D eigenvalue weighted by Gasteiger charge is 2.03. The summed E-state index contributed by atoms with van der Waals surface area (Å²) in [6.45, 7) is 0. The third-order valence-electron chi connectivity index (χ3n) is 3.19. The number of carbonyl (C=O) groups excluding carboxylic acids is 1. The lowest BCUT2D eigenvalue weighted by Crippen LogP contribution is -1.98. The quantitative estimate of drug-likeness (QED) is 0.477. The average molecular weight is 286 g/mol. The van der Waals surface area contributed by atoms with E-state index in [1.807, 2.05) is 0 Å². The van der Waals surface area contributed by atoms with Gasteiger partial charge in [0, 0.05) is 25.7 Å². The summed E-state index contributed by atoms with van der Waals surface area (Å²) < 4.78 is 0. The molecule has 0 saturated heterocycles. The number of hydrogen-bond donors (Lipinski definition) is 2. The van der Waals surface area contributed by atoms with Crippen LogP contribution in [0.25, 0.3) is 0 Å². The third kappa shape index (κ3) is 14.7. The number of carbonyl (C=O) groups is 3. The highest BCUT2D eigenvalue weighted by atomic mass is 16.4. The lowest BCUT2D eigenvalue weighted by atomic mass is 10.0. The van der Waals surface area contributed by atoms with E-state index in [4.69, 9.17) is 10.2 Å². The van der Waals surface area contributed by atoms with E-state index < -0.39 is 11.9 Å². The Bertz CT molecular complexity index is 271. The molecule has 0 bridgehead atoms. The van der Waals surface area contributed by atoms with Crippen molar-refractivity contribution < 1.29 is 24.6 Å². The number of ketones is 1. The summed E-state index contributed by atoms with van der Waals surface area (Å²) in [5.41, 5.74) is 0. The fourth-order valence-electron chi connectivity index (χ4n) is 2.03. The maximum atomic E-state index is 11.5. The van der Waals surface area contributed by atoms with Gasteiger partial charge >= 0.3 is 11.9 Å². The maximum absolute atomic E-state index is 11.5. The highest BCUT2D eigenvalue weighted by Crippen LogP contribution is 2.10. The molecule has 0 aromatic rings. The number of carboxylic acids is 2. The Morgan fingerprint density at radius 2 is 0.800 bits per heavy atom. The van der Waals surface area contributed by atoms with Crippen LogP contribution in [-0.4, -0.2) is 27.9 Å². The van der Waals surface area contributed by atoms with Crippen LogP contribution in [0.4, 0.5) is 0 Å². The number of carboxylic acid groups (broad SMARTS) is 2. The largest absolute Gasteiger partial charge is 0.481 e. The minimum absolute atomic E-state index is 0.213. The second-order valence-electron chi connectivity index (χ2n) is 5.15. The van der Waals surface area contributed by atoms with E-state index >= 15 is 0 Å². The van der Waals surface area contributed by atoms with Crippen molar-refractivity contribution in [2.45, 2.75) is 77.0 Å². The molecule has 2 N–H and O–H groups in total. The van der Waals surface area contributed by atoms with Gasteiger partial charge in [-0.1, -0.05) is 25.7 Å². The van der Waals surface area contributed by atoms with Gasteiger partial charge in [-0.25, -0.2) is 0 Å². The Kier molecular flexibility index (Phi) is 11.8. The summed E-state index contributed by atoms with van der Waals surface area (Å²) in [6, 6.07) is 0. The van der Waals surface area contributed by atoms with E-state index in [1.165, 1.54) is 0 Å². The van der Waals surface area contributed by atoms with Crippen molar-refractivity contribution in [3.8, 4) is 0 Å². The average Bonchev–Trinajstić information content (AvgIpc) is 2.37. The molecule has 0 rings (SSSR count). The monoisotopic (exact) mass is 286 g/mol. The Hall–Kier alpha value is -1.39. The van der Waals surface area contributed by atoms with Crippen LogP contribution in [0.1, 0.15) is 77.0 Å². The predicted octanol–water partition coefficient (Wildman–Crippen LogP) is 3.41. The summed E-state index contributed by atoms with van der Waals surface area (Å²) in [6.07, 6.45) is 8.23. The maximum Gasteiger partial charge on any atom is 0.303 e. The normalized spacial score (nSPS) is 10.4. The van der Waals surface area contributed by atoms with Crippen molar-refractivity contribution in [1.82, 2.24) is 0 Å². The SMILES string of the molecule is O=C(O)CCCCCCC(=O)CCCCCCC(=O)O. The molecule has 5 heteroatoms. The van der Waals surface area contributed by atoms with Gasteiger partial charge in [0.2, 0.25) is 0 Å². The lowest BCUT2D eigenvalue weighted by Gasteiger charge is -2.02. The van der Waals surface area contributed by atoms with Crippen LogP contribution in [-0.2, 0) is 14.4 Å². The fraction of sp³-hybridized carbons (Fsp3) is 0.800. The topological polar surface area (TPSA) is 91.7 Å². The van der Waals surface area contributed by atoms with Crippen molar-refractivity contribution in [3.63, 3.8) is 0 Å². The first-order valence-corrected chi connectivity index (χ1v) is 7.47. The zero-order chi connectivity index (χ0) is 15.2. The molecule has 0 saturated carbocycles. The Labute approximate surface area is 120 Å². The first-order chi connectivity index (χ1) is 9.52. The molecule has 0 spiro atoms. The summed E-state index contributed by atoms with van der Waals surface area (Å²) in [4.78, 5) is 32.1.